The predicted octanol–water partition coefficient (Wildman–Crippen LogP) is 2.01. The van der Waals surface area contributed by atoms with Crippen LogP contribution in [0, 0.1) is 26.2 Å². The molecule has 0 radical (unpaired) electrons. The van der Waals surface area contributed by atoms with E-state index in [1.807, 2.05) is 13.1 Å². The SMILES string of the molecule is C#CCCCC(NN)c1ncc(C)cc1C. The second-order valence-electron chi connectivity index (χ2n) is 4.03. The number of rotatable bonds is 5. The van der Waals surface area contributed by atoms with Crippen molar-refractivity contribution in [2.45, 2.75) is 39.2 Å². The average Bonchev–Trinajstić information content (AvgIpc) is 2.26. The van der Waals surface area contributed by atoms with Gasteiger partial charge in [-0.2, -0.15) is 0 Å². The van der Waals surface area contributed by atoms with E-state index in [4.69, 9.17) is 12.3 Å². The number of nitrogens with two attached hydrogens (primary N) is 1. The molecule has 1 aromatic rings. The minimum atomic E-state index is 0.0916. The lowest BCUT2D eigenvalue weighted by atomic mass is 10.0. The topological polar surface area (TPSA) is 50.9 Å². The molecule has 0 bridgehead atoms. The van der Waals surface area contributed by atoms with Gasteiger partial charge in [0.15, 0.2) is 0 Å². The summed E-state index contributed by atoms with van der Waals surface area (Å²) in [5.41, 5.74) is 6.16. The largest absolute Gasteiger partial charge is 0.271 e. The monoisotopic (exact) mass is 217 g/mol. The van der Waals surface area contributed by atoms with Gasteiger partial charge in [0.2, 0.25) is 0 Å². The first-order valence-electron chi connectivity index (χ1n) is 5.51. The molecule has 0 fully saturated rings. The van der Waals surface area contributed by atoms with E-state index in [9.17, 15) is 0 Å². The van der Waals surface area contributed by atoms with Crippen LogP contribution in [0.4, 0.5) is 0 Å². The van der Waals surface area contributed by atoms with E-state index in [1.54, 1.807) is 0 Å². The van der Waals surface area contributed by atoms with Crippen molar-refractivity contribution in [2.75, 3.05) is 0 Å². The molecular weight excluding hydrogens is 198 g/mol. The van der Waals surface area contributed by atoms with Crippen molar-refractivity contribution in [3.05, 3.63) is 29.1 Å². The number of aromatic nitrogens is 1. The summed E-state index contributed by atoms with van der Waals surface area (Å²) in [6, 6.07) is 2.21. The number of aryl methyl sites for hydroxylation is 2. The zero-order valence-corrected chi connectivity index (χ0v) is 9.96. The molecule has 3 N–H and O–H groups in total. The molecule has 0 saturated carbocycles. The molecule has 0 aliphatic rings. The molecule has 0 amide bonds. The predicted molar refractivity (Wildman–Crippen MR) is 66.5 cm³/mol. The van der Waals surface area contributed by atoms with Gasteiger partial charge in [0.25, 0.3) is 0 Å². The zero-order valence-electron chi connectivity index (χ0n) is 9.96. The van der Waals surface area contributed by atoms with Crippen molar-refractivity contribution in [3.63, 3.8) is 0 Å². The Morgan fingerprint density at radius 1 is 1.56 bits per heavy atom. The minimum Gasteiger partial charge on any atom is -0.271 e. The van der Waals surface area contributed by atoms with Crippen LogP contribution >= 0.6 is 0 Å². The third-order valence-corrected chi connectivity index (χ3v) is 2.60. The number of hydrogen-bond donors (Lipinski definition) is 2. The lowest BCUT2D eigenvalue weighted by molar-refractivity contribution is 0.489. The van der Waals surface area contributed by atoms with E-state index in [0.29, 0.717) is 0 Å². The second-order valence-corrected chi connectivity index (χ2v) is 4.03. The Morgan fingerprint density at radius 3 is 2.88 bits per heavy atom. The van der Waals surface area contributed by atoms with Crippen LogP contribution in [0.15, 0.2) is 12.3 Å². The van der Waals surface area contributed by atoms with Gasteiger partial charge in [-0.3, -0.25) is 16.3 Å². The molecule has 0 saturated heterocycles. The molecule has 0 spiro atoms. The maximum atomic E-state index is 5.55. The Kier molecular flexibility index (Phi) is 4.97. The first-order chi connectivity index (χ1) is 7.69. The van der Waals surface area contributed by atoms with Gasteiger partial charge >= 0.3 is 0 Å². The molecule has 3 heteroatoms. The molecular formula is C13H19N3. The zero-order chi connectivity index (χ0) is 12.0. The number of nitrogens with zero attached hydrogens (tertiary/aromatic N) is 1. The van der Waals surface area contributed by atoms with Gasteiger partial charge in [-0.05, 0) is 37.8 Å². The Balaban J connectivity index is 2.75. The summed E-state index contributed by atoms with van der Waals surface area (Å²) in [4.78, 5) is 4.43. The maximum Gasteiger partial charge on any atom is 0.0635 e. The number of pyridine rings is 1. The number of unbranched alkanes of at least 4 members (excludes halogenated alkanes) is 1. The molecule has 3 nitrogen and oxygen atoms in total. The Labute approximate surface area is 97.4 Å². The summed E-state index contributed by atoms with van der Waals surface area (Å²) in [6.07, 6.45) is 9.75. The van der Waals surface area contributed by atoms with Gasteiger partial charge in [-0.25, -0.2) is 0 Å². The van der Waals surface area contributed by atoms with E-state index in [1.165, 1.54) is 11.1 Å². The molecule has 1 unspecified atom stereocenters. The van der Waals surface area contributed by atoms with Crippen LogP contribution in [0.3, 0.4) is 0 Å². The highest BCUT2D eigenvalue weighted by atomic mass is 15.2. The van der Waals surface area contributed by atoms with Crippen molar-refractivity contribution < 1.29 is 0 Å². The van der Waals surface area contributed by atoms with Crippen LogP contribution in [0.2, 0.25) is 0 Å². The summed E-state index contributed by atoms with van der Waals surface area (Å²) in [6.45, 7) is 4.09. The average molecular weight is 217 g/mol. The van der Waals surface area contributed by atoms with Gasteiger partial charge < -0.3 is 0 Å². The fourth-order valence-corrected chi connectivity index (χ4v) is 1.80. The quantitative estimate of drug-likeness (QED) is 0.343. The Morgan fingerprint density at radius 2 is 2.31 bits per heavy atom. The van der Waals surface area contributed by atoms with Crippen molar-refractivity contribution in [1.82, 2.24) is 10.4 Å². The van der Waals surface area contributed by atoms with Crippen LogP contribution in [0.1, 0.15) is 42.1 Å². The van der Waals surface area contributed by atoms with Crippen molar-refractivity contribution in [3.8, 4) is 12.3 Å². The van der Waals surface area contributed by atoms with Gasteiger partial charge in [-0.15, -0.1) is 12.3 Å². The summed E-state index contributed by atoms with van der Waals surface area (Å²) < 4.78 is 0. The van der Waals surface area contributed by atoms with Crippen molar-refractivity contribution in [2.24, 2.45) is 5.84 Å². The third kappa shape index (κ3) is 3.34. The summed E-state index contributed by atoms with van der Waals surface area (Å²) in [5.74, 6) is 8.19. The van der Waals surface area contributed by atoms with Gasteiger partial charge in [0, 0.05) is 12.6 Å². The number of hydrogen-bond acceptors (Lipinski definition) is 3. The molecule has 0 aromatic carbocycles. The van der Waals surface area contributed by atoms with E-state index in [-0.39, 0.29) is 6.04 Å². The fraction of sp³-hybridized carbons (Fsp3) is 0.462. The number of terminal acetylenes is 1. The normalized spacial score (nSPS) is 12.1. The van der Waals surface area contributed by atoms with Crippen molar-refractivity contribution >= 4 is 0 Å². The van der Waals surface area contributed by atoms with Crippen LogP contribution in [0.25, 0.3) is 0 Å². The highest BCUT2D eigenvalue weighted by Crippen LogP contribution is 2.20. The molecule has 1 rings (SSSR count). The van der Waals surface area contributed by atoms with Crippen LogP contribution < -0.4 is 11.3 Å². The summed E-state index contributed by atoms with van der Waals surface area (Å²) in [5, 5.41) is 0. The van der Waals surface area contributed by atoms with Gasteiger partial charge in [0.05, 0.1) is 11.7 Å². The first-order valence-corrected chi connectivity index (χ1v) is 5.51. The third-order valence-electron chi connectivity index (χ3n) is 2.60. The maximum absolute atomic E-state index is 5.55. The van der Waals surface area contributed by atoms with E-state index >= 15 is 0 Å². The van der Waals surface area contributed by atoms with Crippen LogP contribution in [-0.2, 0) is 0 Å². The smallest absolute Gasteiger partial charge is 0.0635 e. The molecule has 1 heterocycles. The minimum absolute atomic E-state index is 0.0916. The van der Waals surface area contributed by atoms with E-state index in [0.717, 1.165) is 25.0 Å². The highest BCUT2D eigenvalue weighted by Gasteiger charge is 2.13. The lowest BCUT2D eigenvalue weighted by Gasteiger charge is -2.17. The highest BCUT2D eigenvalue weighted by molar-refractivity contribution is 5.25. The molecule has 16 heavy (non-hydrogen) atoms. The van der Waals surface area contributed by atoms with Gasteiger partial charge in [0.1, 0.15) is 0 Å². The van der Waals surface area contributed by atoms with Gasteiger partial charge in [-0.1, -0.05) is 6.07 Å². The number of hydrazine groups is 1. The van der Waals surface area contributed by atoms with E-state index in [2.05, 4.69) is 29.3 Å². The molecule has 0 aliphatic carbocycles. The lowest BCUT2D eigenvalue weighted by Crippen LogP contribution is -2.29. The van der Waals surface area contributed by atoms with Crippen molar-refractivity contribution in [1.29, 1.82) is 0 Å². The molecule has 86 valence electrons. The Bertz CT molecular complexity index is 379. The standard InChI is InChI=1S/C13H19N3/c1-4-5-6-7-12(16-14)13-11(3)8-10(2)9-15-13/h1,8-9,12,16H,5-7,14H2,2-3H3. The van der Waals surface area contributed by atoms with Crippen LogP contribution in [-0.4, -0.2) is 4.98 Å². The fourth-order valence-electron chi connectivity index (χ4n) is 1.80. The summed E-state index contributed by atoms with van der Waals surface area (Å²) >= 11 is 0. The summed E-state index contributed by atoms with van der Waals surface area (Å²) in [7, 11) is 0. The van der Waals surface area contributed by atoms with Crippen LogP contribution in [0.5, 0.6) is 0 Å². The van der Waals surface area contributed by atoms with E-state index < -0.39 is 0 Å². The number of nitrogens with one attached hydrogen (secondary N) is 1. The second kappa shape index (κ2) is 6.26. The molecule has 1 atom stereocenters. The molecule has 0 aliphatic heterocycles. The first kappa shape index (κ1) is 12.7. The molecule has 1 aromatic heterocycles. The Hall–Kier alpha value is -1.37.